The van der Waals surface area contributed by atoms with Crippen LogP contribution in [0.2, 0.25) is 0 Å². The van der Waals surface area contributed by atoms with Gasteiger partial charge in [0.1, 0.15) is 23.0 Å². The summed E-state index contributed by atoms with van der Waals surface area (Å²) in [7, 11) is 3.00. The van der Waals surface area contributed by atoms with Crippen molar-refractivity contribution in [2.24, 2.45) is 9.98 Å². The summed E-state index contributed by atoms with van der Waals surface area (Å²) in [6.07, 6.45) is 6.73. The van der Waals surface area contributed by atoms with E-state index in [4.69, 9.17) is 9.47 Å². The number of phenolic OH excluding ortho intramolecular Hbond substituents is 2. The van der Waals surface area contributed by atoms with Gasteiger partial charge in [-0.15, -0.1) is 0 Å². The third kappa shape index (κ3) is 8.66. The molecule has 0 bridgehead atoms. The Morgan fingerprint density at radius 1 is 0.644 bits per heavy atom. The number of anilines is 2. The predicted molar refractivity (Wildman–Crippen MR) is 173 cm³/mol. The summed E-state index contributed by atoms with van der Waals surface area (Å²) in [5.41, 5.74) is 3.93. The Morgan fingerprint density at radius 2 is 1.07 bits per heavy atom. The van der Waals surface area contributed by atoms with Gasteiger partial charge in [-0.2, -0.15) is 0 Å². The Labute approximate surface area is 275 Å². The summed E-state index contributed by atoms with van der Waals surface area (Å²) in [4.78, 5) is 17.7. The van der Waals surface area contributed by atoms with Crippen LogP contribution in [0.1, 0.15) is 22.3 Å². The molecule has 3 aromatic carbocycles. The molecule has 0 saturated heterocycles. The molecule has 0 aliphatic rings. The Balaban J connectivity index is 0.00000461. The first-order valence-electron chi connectivity index (χ1n) is 13.8. The molecule has 0 fully saturated rings. The third-order valence-corrected chi connectivity index (χ3v) is 6.63. The summed E-state index contributed by atoms with van der Waals surface area (Å²) < 4.78 is 10.8. The number of aromatic hydroxyl groups is 2. The van der Waals surface area contributed by atoms with Crippen LogP contribution < -0.4 is 20.1 Å². The molecule has 0 unspecified atom stereocenters. The van der Waals surface area contributed by atoms with E-state index in [1.807, 2.05) is 60.7 Å². The fourth-order valence-electron chi connectivity index (χ4n) is 4.35. The largest absolute Gasteiger partial charge is 0.503 e. The number of nitrogens with zero attached hydrogens (tertiary/aromatic N) is 4. The number of benzene rings is 3. The second-order valence-corrected chi connectivity index (χ2v) is 9.61. The molecule has 0 aliphatic heterocycles. The van der Waals surface area contributed by atoms with Crippen LogP contribution in [0.3, 0.4) is 0 Å². The van der Waals surface area contributed by atoms with Gasteiger partial charge in [-0.1, -0.05) is 36.4 Å². The van der Waals surface area contributed by atoms with Crippen molar-refractivity contribution in [1.29, 1.82) is 0 Å². The molecule has 0 radical (unpaired) electrons. The third-order valence-electron chi connectivity index (χ3n) is 6.63. The van der Waals surface area contributed by atoms with Crippen molar-refractivity contribution in [3.8, 4) is 23.0 Å². The van der Waals surface area contributed by atoms with Crippen molar-refractivity contribution in [2.75, 3.05) is 24.9 Å². The quantitative estimate of drug-likeness (QED) is 0.0846. The monoisotopic (exact) mass is 694 g/mol. The standard InChI is InChI=1S/C34H32N6O4.Pd/c1-43-29-17-23(19-39-31-11-5-7-13-35-31)15-27(33(29)41)37-21-25-9-3-4-10-26(25)22-38-28-16-24(18-30(44-2)34(28)42)20-40-32-12-6-8-14-36-32;/h3-18,21-22,41-42H,19-20H2,1-2H3,(H,35,39)(H,36,40);. The first kappa shape index (κ1) is 32.7. The van der Waals surface area contributed by atoms with Gasteiger partial charge in [0.2, 0.25) is 0 Å². The van der Waals surface area contributed by atoms with Gasteiger partial charge >= 0.3 is 0 Å². The number of pyridine rings is 2. The number of aromatic nitrogens is 2. The Bertz CT molecular complexity index is 1640. The summed E-state index contributed by atoms with van der Waals surface area (Å²) in [5.74, 6) is 1.96. The maximum absolute atomic E-state index is 10.8. The fraction of sp³-hybridized carbons (Fsp3) is 0.118. The predicted octanol–water partition coefficient (Wildman–Crippen LogP) is 6.63. The fourth-order valence-corrected chi connectivity index (χ4v) is 4.35. The molecule has 5 rings (SSSR count). The van der Waals surface area contributed by atoms with E-state index in [0.29, 0.717) is 36.0 Å². The van der Waals surface area contributed by atoms with Gasteiger partial charge in [0.05, 0.1) is 14.2 Å². The summed E-state index contributed by atoms with van der Waals surface area (Å²) >= 11 is 0. The van der Waals surface area contributed by atoms with Gasteiger partial charge in [0, 0.05) is 69.5 Å². The molecule has 45 heavy (non-hydrogen) atoms. The van der Waals surface area contributed by atoms with Crippen LogP contribution in [-0.4, -0.2) is 46.8 Å². The number of hydrogen-bond donors (Lipinski definition) is 4. The Hall–Kier alpha value is -5.24. The number of rotatable bonds is 12. The zero-order valence-corrected chi connectivity index (χ0v) is 26.2. The van der Waals surface area contributed by atoms with Crippen molar-refractivity contribution in [2.45, 2.75) is 13.1 Å². The van der Waals surface area contributed by atoms with Crippen LogP contribution in [0.4, 0.5) is 23.0 Å². The number of methoxy groups -OCH3 is 2. The maximum atomic E-state index is 10.8. The molecule has 232 valence electrons. The number of ether oxygens (including phenoxy) is 2. The Kier molecular flexibility index (Phi) is 11.6. The van der Waals surface area contributed by atoms with Gasteiger partial charge in [0.15, 0.2) is 23.0 Å². The first-order chi connectivity index (χ1) is 21.5. The molecule has 2 aromatic heterocycles. The number of aliphatic imine (C=N–C) groups is 2. The van der Waals surface area contributed by atoms with E-state index in [9.17, 15) is 10.2 Å². The van der Waals surface area contributed by atoms with Crippen LogP contribution >= 0.6 is 0 Å². The normalized spacial score (nSPS) is 10.9. The molecule has 5 aromatic rings. The zero-order valence-electron chi connectivity index (χ0n) is 24.6. The van der Waals surface area contributed by atoms with Crippen molar-refractivity contribution in [1.82, 2.24) is 9.97 Å². The van der Waals surface area contributed by atoms with E-state index in [-0.39, 0.29) is 31.9 Å². The SMILES string of the molecule is COc1cc(CNc2ccccn2)cc(N=Cc2ccccc2C=Nc2cc(CNc3ccccn3)cc(OC)c2O)c1O.[Pd]. The molecule has 0 spiro atoms. The molecule has 0 atom stereocenters. The van der Waals surface area contributed by atoms with E-state index in [0.717, 1.165) is 33.9 Å². The van der Waals surface area contributed by atoms with Crippen LogP contribution in [0.5, 0.6) is 23.0 Å². The number of phenols is 2. The van der Waals surface area contributed by atoms with Crippen LogP contribution in [-0.2, 0) is 33.5 Å². The van der Waals surface area contributed by atoms with E-state index in [1.54, 1.807) is 49.1 Å². The smallest absolute Gasteiger partial charge is 0.183 e. The summed E-state index contributed by atoms with van der Waals surface area (Å²) in [6, 6.07) is 25.9. The summed E-state index contributed by atoms with van der Waals surface area (Å²) in [5, 5.41) is 28.1. The van der Waals surface area contributed by atoms with E-state index < -0.39 is 0 Å². The molecule has 0 saturated carbocycles. The van der Waals surface area contributed by atoms with Crippen LogP contribution in [0.15, 0.2) is 107 Å². The van der Waals surface area contributed by atoms with Crippen LogP contribution in [0, 0.1) is 0 Å². The molecule has 10 nitrogen and oxygen atoms in total. The maximum Gasteiger partial charge on any atom is 0.183 e. The molecule has 0 aliphatic carbocycles. The van der Waals surface area contributed by atoms with Gasteiger partial charge in [-0.3, -0.25) is 9.98 Å². The minimum absolute atomic E-state index is 0. The van der Waals surface area contributed by atoms with Gasteiger partial charge in [-0.05, 0) is 59.7 Å². The molecular weight excluding hydrogens is 663 g/mol. The van der Waals surface area contributed by atoms with Crippen molar-refractivity contribution < 1.29 is 40.1 Å². The van der Waals surface area contributed by atoms with E-state index in [1.165, 1.54) is 14.2 Å². The molecular formula is C34H32N6O4Pd. The number of hydrogen-bond acceptors (Lipinski definition) is 10. The molecule has 2 heterocycles. The second kappa shape index (κ2) is 16.0. The van der Waals surface area contributed by atoms with Gasteiger partial charge in [-0.25, -0.2) is 9.97 Å². The summed E-state index contributed by atoms with van der Waals surface area (Å²) in [6.45, 7) is 0.922. The molecule has 4 N–H and O–H groups in total. The van der Waals surface area contributed by atoms with Gasteiger partial charge in [0.25, 0.3) is 0 Å². The van der Waals surface area contributed by atoms with Crippen molar-refractivity contribution >= 4 is 35.4 Å². The zero-order chi connectivity index (χ0) is 30.7. The second-order valence-electron chi connectivity index (χ2n) is 9.61. The van der Waals surface area contributed by atoms with Crippen molar-refractivity contribution in [3.63, 3.8) is 0 Å². The van der Waals surface area contributed by atoms with E-state index >= 15 is 0 Å². The Morgan fingerprint density at radius 3 is 1.44 bits per heavy atom. The van der Waals surface area contributed by atoms with Gasteiger partial charge < -0.3 is 30.3 Å². The topological polar surface area (TPSA) is 133 Å². The molecule has 11 heteroatoms. The van der Waals surface area contributed by atoms with E-state index in [2.05, 4.69) is 30.6 Å². The first-order valence-corrected chi connectivity index (χ1v) is 13.8. The average molecular weight is 695 g/mol. The molecule has 0 amide bonds. The van der Waals surface area contributed by atoms with Crippen LogP contribution in [0.25, 0.3) is 0 Å². The van der Waals surface area contributed by atoms with Crippen molar-refractivity contribution in [3.05, 3.63) is 120 Å². The average Bonchev–Trinajstić information content (AvgIpc) is 3.07. The minimum atomic E-state index is -0.0652. The number of nitrogens with one attached hydrogen (secondary N) is 2. The minimum Gasteiger partial charge on any atom is -0.503 e.